The third kappa shape index (κ3) is 4.99. The minimum Gasteiger partial charge on any atom is -0.350 e. The molecule has 3 aromatic rings. The molecule has 0 saturated heterocycles. The lowest BCUT2D eigenvalue weighted by molar-refractivity contribution is 0.626. The summed E-state index contributed by atoms with van der Waals surface area (Å²) in [7, 11) is 0. The van der Waals surface area contributed by atoms with Gasteiger partial charge in [0.25, 0.3) is 0 Å². The van der Waals surface area contributed by atoms with Crippen molar-refractivity contribution >= 4 is 29.2 Å². The summed E-state index contributed by atoms with van der Waals surface area (Å²) in [5, 5.41) is 6.78. The minimum absolute atomic E-state index is 0.120. The molecule has 0 saturated carbocycles. The van der Waals surface area contributed by atoms with Gasteiger partial charge in [0, 0.05) is 27.8 Å². The Morgan fingerprint density at radius 1 is 0.885 bits per heavy atom. The van der Waals surface area contributed by atoms with Gasteiger partial charge in [0.1, 0.15) is 5.82 Å². The van der Waals surface area contributed by atoms with E-state index < -0.39 is 0 Å². The highest BCUT2D eigenvalue weighted by atomic mass is 32.2. The van der Waals surface area contributed by atoms with Crippen LogP contribution < -0.4 is 10.6 Å². The number of aromatic nitrogens is 2. The van der Waals surface area contributed by atoms with E-state index in [1.807, 2.05) is 36.4 Å². The van der Waals surface area contributed by atoms with Gasteiger partial charge in [-0.2, -0.15) is 4.98 Å². The summed E-state index contributed by atoms with van der Waals surface area (Å²) in [6.45, 7) is 6.29. The average molecular weight is 365 g/mol. The molecule has 0 amide bonds. The van der Waals surface area contributed by atoms with Crippen LogP contribution in [-0.4, -0.2) is 21.8 Å². The molecule has 1 heterocycles. The largest absolute Gasteiger partial charge is 0.350 e. The summed E-state index contributed by atoms with van der Waals surface area (Å²) in [4.78, 5) is 10.6. The maximum absolute atomic E-state index is 4.70. The Balaban J connectivity index is 1.98. The van der Waals surface area contributed by atoms with Gasteiger partial charge in [0.15, 0.2) is 0 Å². The van der Waals surface area contributed by atoms with Crippen molar-refractivity contribution in [3.05, 3.63) is 60.7 Å². The zero-order valence-corrected chi connectivity index (χ0v) is 16.4. The van der Waals surface area contributed by atoms with Gasteiger partial charge in [-0.25, -0.2) is 4.98 Å². The summed E-state index contributed by atoms with van der Waals surface area (Å²) < 4.78 is 0. The molecule has 0 bridgehead atoms. The van der Waals surface area contributed by atoms with Crippen LogP contribution in [0.2, 0.25) is 0 Å². The summed E-state index contributed by atoms with van der Waals surface area (Å²) in [5.74, 6) is 1.38. The van der Waals surface area contributed by atoms with Crippen LogP contribution in [0.1, 0.15) is 20.8 Å². The van der Waals surface area contributed by atoms with Crippen LogP contribution in [0.5, 0.6) is 0 Å². The molecule has 2 N–H and O–H groups in total. The zero-order chi connectivity index (χ0) is 18.6. The van der Waals surface area contributed by atoms with Crippen molar-refractivity contribution in [1.82, 2.24) is 9.97 Å². The molecular formula is C21H24N4S. The van der Waals surface area contributed by atoms with Crippen LogP contribution in [-0.2, 0) is 0 Å². The zero-order valence-electron chi connectivity index (χ0n) is 15.6. The van der Waals surface area contributed by atoms with Gasteiger partial charge in [-0.3, -0.25) is 0 Å². The van der Waals surface area contributed by atoms with Crippen molar-refractivity contribution in [1.29, 1.82) is 0 Å². The Kier molecular flexibility index (Phi) is 5.47. The molecule has 0 radical (unpaired) electrons. The van der Waals surface area contributed by atoms with Crippen molar-refractivity contribution in [2.45, 2.75) is 31.2 Å². The summed E-state index contributed by atoms with van der Waals surface area (Å²) in [5.41, 5.74) is 2.84. The topological polar surface area (TPSA) is 49.8 Å². The molecular weight excluding hydrogens is 340 g/mol. The Bertz CT molecular complexity index is 873. The third-order valence-corrected chi connectivity index (χ3v) is 4.35. The lowest BCUT2D eigenvalue weighted by Crippen LogP contribution is -2.27. The number of anilines is 3. The molecule has 0 atom stereocenters. The molecule has 26 heavy (non-hydrogen) atoms. The smallest absolute Gasteiger partial charge is 0.225 e. The molecule has 3 rings (SSSR count). The van der Waals surface area contributed by atoms with E-state index in [1.165, 1.54) is 4.90 Å². The highest BCUT2D eigenvalue weighted by Crippen LogP contribution is 2.26. The Hall–Kier alpha value is -2.53. The summed E-state index contributed by atoms with van der Waals surface area (Å²) in [6.07, 6.45) is 2.07. The molecule has 0 aliphatic carbocycles. The van der Waals surface area contributed by atoms with E-state index >= 15 is 0 Å². The molecule has 5 heteroatoms. The predicted octanol–water partition coefficient (Wildman–Crippen LogP) is 5.82. The van der Waals surface area contributed by atoms with Crippen molar-refractivity contribution in [2.24, 2.45) is 0 Å². The van der Waals surface area contributed by atoms with E-state index in [9.17, 15) is 0 Å². The third-order valence-electron chi connectivity index (χ3n) is 3.62. The fourth-order valence-electron chi connectivity index (χ4n) is 2.51. The minimum atomic E-state index is -0.120. The number of nitrogens with one attached hydrogen (secondary N) is 2. The van der Waals surface area contributed by atoms with E-state index in [2.05, 4.69) is 66.9 Å². The predicted molar refractivity (Wildman–Crippen MR) is 112 cm³/mol. The average Bonchev–Trinajstić information content (AvgIpc) is 2.61. The fraction of sp³-hybridized carbons (Fsp3) is 0.238. The normalized spacial score (nSPS) is 11.2. The summed E-state index contributed by atoms with van der Waals surface area (Å²) >= 11 is 1.72. The maximum Gasteiger partial charge on any atom is 0.225 e. The fourth-order valence-corrected chi connectivity index (χ4v) is 2.97. The van der Waals surface area contributed by atoms with E-state index in [-0.39, 0.29) is 5.54 Å². The number of hydrogen-bond donors (Lipinski definition) is 2. The lowest BCUT2D eigenvalue weighted by Gasteiger charge is -2.21. The van der Waals surface area contributed by atoms with E-state index in [0.29, 0.717) is 5.95 Å². The van der Waals surface area contributed by atoms with Crippen molar-refractivity contribution in [3.63, 3.8) is 0 Å². The Morgan fingerprint density at radius 2 is 1.65 bits per heavy atom. The first-order valence-electron chi connectivity index (χ1n) is 8.57. The first kappa shape index (κ1) is 18.3. The van der Waals surface area contributed by atoms with Crippen LogP contribution in [0, 0.1) is 0 Å². The Morgan fingerprint density at radius 3 is 2.35 bits per heavy atom. The monoisotopic (exact) mass is 364 g/mol. The Labute approximate surface area is 159 Å². The molecule has 0 aliphatic heterocycles. The number of nitrogens with zero attached hydrogens (tertiary/aromatic N) is 2. The van der Waals surface area contributed by atoms with Crippen molar-refractivity contribution in [2.75, 3.05) is 16.9 Å². The van der Waals surface area contributed by atoms with Gasteiger partial charge in [0.2, 0.25) is 5.95 Å². The van der Waals surface area contributed by atoms with Gasteiger partial charge in [-0.1, -0.05) is 36.4 Å². The molecule has 4 nitrogen and oxygen atoms in total. The second kappa shape index (κ2) is 7.79. The summed E-state index contributed by atoms with van der Waals surface area (Å²) in [6, 6.07) is 20.4. The SMILES string of the molecule is CSc1cccc(Nc2cc(-c3ccccc3)nc(NC(C)(C)C)n2)c1. The van der Waals surface area contributed by atoms with Crippen LogP contribution in [0.15, 0.2) is 65.6 Å². The quantitative estimate of drug-likeness (QED) is 0.559. The van der Waals surface area contributed by atoms with Gasteiger partial charge >= 0.3 is 0 Å². The molecule has 0 fully saturated rings. The first-order valence-corrected chi connectivity index (χ1v) is 9.79. The number of thioether (sulfide) groups is 1. The molecule has 0 unspecified atom stereocenters. The highest BCUT2D eigenvalue weighted by Gasteiger charge is 2.14. The highest BCUT2D eigenvalue weighted by molar-refractivity contribution is 7.98. The van der Waals surface area contributed by atoms with Crippen molar-refractivity contribution < 1.29 is 0 Å². The van der Waals surface area contributed by atoms with Gasteiger partial charge in [0.05, 0.1) is 5.69 Å². The van der Waals surface area contributed by atoms with Crippen LogP contribution in [0.3, 0.4) is 0 Å². The number of benzene rings is 2. The number of hydrogen-bond acceptors (Lipinski definition) is 5. The molecule has 0 spiro atoms. The second-order valence-electron chi connectivity index (χ2n) is 7.06. The molecule has 2 aromatic carbocycles. The molecule has 1 aromatic heterocycles. The maximum atomic E-state index is 4.70. The van der Waals surface area contributed by atoms with Gasteiger partial charge in [-0.15, -0.1) is 11.8 Å². The van der Waals surface area contributed by atoms with Crippen LogP contribution in [0.25, 0.3) is 11.3 Å². The lowest BCUT2D eigenvalue weighted by atomic mass is 10.1. The second-order valence-corrected chi connectivity index (χ2v) is 7.94. The van der Waals surface area contributed by atoms with E-state index in [0.717, 1.165) is 22.8 Å². The van der Waals surface area contributed by atoms with Gasteiger partial charge < -0.3 is 10.6 Å². The van der Waals surface area contributed by atoms with E-state index in [1.54, 1.807) is 11.8 Å². The standard InChI is InChI=1S/C21H24N4S/c1-21(2,3)25-20-23-18(15-9-6-5-7-10-15)14-19(24-20)22-16-11-8-12-17(13-16)26-4/h5-14H,1-4H3,(H2,22,23,24,25). The van der Waals surface area contributed by atoms with E-state index in [4.69, 9.17) is 4.98 Å². The van der Waals surface area contributed by atoms with Crippen LogP contribution >= 0.6 is 11.8 Å². The number of rotatable bonds is 5. The molecule has 0 aliphatic rings. The van der Waals surface area contributed by atoms with Crippen LogP contribution in [0.4, 0.5) is 17.5 Å². The van der Waals surface area contributed by atoms with Gasteiger partial charge in [-0.05, 0) is 45.2 Å². The first-order chi connectivity index (χ1) is 12.4. The molecule has 134 valence electrons. The van der Waals surface area contributed by atoms with Crippen molar-refractivity contribution in [3.8, 4) is 11.3 Å².